The Morgan fingerprint density at radius 2 is 2.03 bits per heavy atom. The molecule has 1 N–H and O–H groups in total. The molecule has 7 heteroatoms. The summed E-state index contributed by atoms with van der Waals surface area (Å²) in [4.78, 5) is 32.5. The van der Waals surface area contributed by atoms with Gasteiger partial charge in [0.2, 0.25) is 0 Å². The van der Waals surface area contributed by atoms with E-state index in [0.29, 0.717) is 24.1 Å². The van der Waals surface area contributed by atoms with Gasteiger partial charge in [-0.1, -0.05) is 6.07 Å². The number of ether oxygens (including phenoxy) is 2. The number of rotatable bonds is 5. The van der Waals surface area contributed by atoms with E-state index in [1.54, 1.807) is 36.8 Å². The van der Waals surface area contributed by atoms with Gasteiger partial charge in [-0.15, -0.1) is 0 Å². The Balaban J connectivity index is 1.38. The predicted molar refractivity (Wildman–Crippen MR) is 106 cm³/mol. The van der Waals surface area contributed by atoms with E-state index in [-0.39, 0.29) is 12.0 Å². The van der Waals surface area contributed by atoms with Crippen molar-refractivity contribution in [3.05, 3.63) is 77.7 Å². The van der Waals surface area contributed by atoms with Crippen LogP contribution in [-0.2, 0) is 11.2 Å². The molecule has 1 aliphatic heterocycles. The molecule has 0 aliphatic carbocycles. The van der Waals surface area contributed by atoms with Gasteiger partial charge in [0.1, 0.15) is 11.9 Å². The molecule has 0 saturated heterocycles. The van der Waals surface area contributed by atoms with Gasteiger partial charge in [0.25, 0.3) is 5.91 Å². The molecule has 0 fully saturated rings. The Hall–Kier alpha value is -3.74. The lowest BCUT2D eigenvalue weighted by Crippen LogP contribution is -2.34. The molecule has 1 aromatic heterocycles. The number of fused-ring (bicyclic) bond motifs is 1. The fourth-order valence-electron chi connectivity index (χ4n) is 3.26. The highest BCUT2D eigenvalue weighted by atomic mass is 16.5. The molecule has 1 amide bonds. The number of hydrogen-bond donors (Lipinski definition) is 1. The number of esters is 1. The zero-order valence-corrected chi connectivity index (χ0v) is 15.8. The molecule has 7 nitrogen and oxygen atoms in total. The van der Waals surface area contributed by atoms with Crippen LogP contribution in [0.3, 0.4) is 0 Å². The SMILES string of the molecule is COC(=O)c1cccc(C(=O)NC[C@@H]2Cc3cc(-c4cnccn4)ccc3O2)c1. The van der Waals surface area contributed by atoms with Gasteiger partial charge in [-0.25, -0.2) is 4.79 Å². The summed E-state index contributed by atoms with van der Waals surface area (Å²) in [6.45, 7) is 0.358. The highest BCUT2D eigenvalue weighted by molar-refractivity contribution is 5.97. The van der Waals surface area contributed by atoms with Crippen LogP contribution in [-0.4, -0.2) is 41.6 Å². The van der Waals surface area contributed by atoms with Gasteiger partial charge in [0, 0.05) is 29.9 Å². The molecule has 0 radical (unpaired) electrons. The molecule has 3 aromatic rings. The summed E-state index contributed by atoms with van der Waals surface area (Å²) in [5, 5.41) is 2.87. The molecule has 29 heavy (non-hydrogen) atoms. The third-order valence-electron chi connectivity index (χ3n) is 4.70. The monoisotopic (exact) mass is 389 g/mol. The van der Waals surface area contributed by atoms with Gasteiger partial charge < -0.3 is 14.8 Å². The molecule has 0 unspecified atom stereocenters. The molecule has 1 aliphatic rings. The minimum atomic E-state index is -0.479. The van der Waals surface area contributed by atoms with E-state index in [2.05, 4.69) is 15.3 Å². The lowest BCUT2D eigenvalue weighted by Gasteiger charge is -2.12. The van der Waals surface area contributed by atoms with Crippen molar-refractivity contribution in [2.45, 2.75) is 12.5 Å². The molecule has 146 valence electrons. The van der Waals surface area contributed by atoms with Crippen molar-refractivity contribution in [1.82, 2.24) is 15.3 Å². The van der Waals surface area contributed by atoms with Gasteiger partial charge in [-0.2, -0.15) is 0 Å². The van der Waals surface area contributed by atoms with Crippen LogP contribution in [0.25, 0.3) is 11.3 Å². The normalized spacial score (nSPS) is 14.6. The van der Waals surface area contributed by atoms with E-state index in [9.17, 15) is 9.59 Å². The van der Waals surface area contributed by atoms with Crippen LogP contribution in [0.15, 0.2) is 61.1 Å². The zero-order chi connectivity index (χ0) is 20.2. The first-order valence-electron chi connectivity index (χ1n) is 9.16. The van der Waals surface area contributed by atoms with E-state index in [0.717, 1.165) is 22.6 Å². The Morgan fingerprint density at radius 3 is 2.83 bits per heavy atom. The minimum Gasteiger partial charge on any atom is -0.488 e. The third kappa shape index (κ3) is 4.08. The average Bonchev–Trinajstić information content (AvgIpc) is 3.19. The molecular formula is C22H19N3O4. The van der Waals surface area contributed by atoms with Crippen molar-refractivity contribution in [2.75, 3.05) is 13.7 Å². The summed E-state index contributed by atoms with van der Waals surface area (Å²) in [5.74, 6) is 0.0632. The van der Waals surface area contributed by atoms with Gasteiger partial charge in [0.15, 0.2) is 0 Å². The second kappa shape index (κ2) is 8.10. The summed E-state index contributed by atoms with van der Waals surface area (Å²) in [5.41, 5.74) is 3.58. The standard InChI is InChI=1S/C22H19N3O4/c1-28-22(27)16-4-2-3-15(10-16)21(26)25-12-18-11-17-9-14(5-6-20(17)29-18)19-13-23-7-8-24-19/h2-10,13,18H,11-12H2,1H3,(H,25,26)/t18-/m0/s1. The molecule has 2 heterocycles. The van der Waals surface area contributed by atoms with E-state index in [1.807, 2.05) is 18.2 Å². The van der Waals surface area contributed by atoms with Gasteiger partial charge in [-0.05, 0) is 42.0 Å². The molecule has 4 rings (SSSR count). The van der Waals surface area contributed by atoms with Gasteiger partial charge in [-0.3, -0.25) is 14.8 Å². The lowest BCUT2D eigenvalue weighted by atomic mass is 10.0. The molecule has 0 spiro atoms. The van der Waals surface area contributed by atoms with E-state index >= 15 is 0 Å². The maximum absolute atomic E-state index is 12.4. The summed E-state index contributed by atoms with van der Waals surface area (Å²) < 4.78 is 10.6. The second-order valence-electron chi connectivity index (χ2n) is 6.64. The van der Waals surface area contributed by atoms with Crippen molar-refractivity contribution in [2.24, 2.45) is 0 Å². The minimum absolute atomic E-state index is 0.158. The summed E-state index contributed by atoms with van der Waals surface area (Å²) >= 11 is 0. The first-order chi connectivity index (χ1) is 14.1. The fourth-order valence-corrected chi connectivity index (χ4v) is 3.26. The van der Waals surface area contributed by atoms with E-state index < -0.39 is 5.97 Å². The van der Waals surface area contributed by atoms with Crippen LogP contribution in [0, 0.1) is 0 Å². The average molecular weight is 389 g/mol. The quantitative estimate of drug-likeness (QED) is 0.675. The van der Waals surface area contributed by atoms with Crippen LogP contribution in [0.1, 0.15) is 26.3 Å². The topological polar surface area (TPSA) is 90.4 Å². The van der Waals surface area contributed by atoms with E-state index in [4.69, 9.17) is 9.47 Å². The number of carbonyl (C=O) groups is 2. The number of aromatic nitrogens is 2. The maximum Gasteiger partial charge on any atom is 0.337 e. The predicted octanol–water partition coefficient (Wildman–Crippen LogP) is 2.66. The van der Waals surface area contributed by atoms with Crippen molar-refractivity contribution in [1.29, 1.82) is 0 Å². The first-order valence-corrected chi connectivity index (χ1v) is 9.16. The molecule has 0 saturated carbocycles. The highest BCUT2D eigenvalue weighted by Gasteiger charge is 2.24. The Bertz CT molecular complexity index is 1050. The zero-order valence-electron chi connectivity index (χ0n) is 15.8. The Kier molecular flexibility index (Phi) is 5.20. The molecule has 2 aromatic carbocycles. The van der Waals surface area contributed by atoms with Crippen LogP contribution < -0.4 is 10.1 Å². The van der Waals surface area contributed by atoms with Crippen LogP contribution >= 0.6 is 0 Å². The van der Waals surface area contributed by atoms with Crippen molar-refractivity contribution >= 4 is 11.9 Å². The third-order valence-corrected chi connectivity index (χ3v) is 4.70. The highest BCUT2D eigenvalue weighted by Crippen LogP contribution is 2.32. The Morgan fingerprint density at radius 1 is 1.17 bits per heavy atom. The number of carbonyl (C=O) groups excluding carboxylic acids is 2. The molecular weight excluding hydrogens is 370 g/mol. The summed E-state index contributed by atoms with van der Waals surface area (Å²) in [6, 6.07) is 12.3. The number of amides is 1. The molecule has 1 atom stereocenters. The maximum atomic E-state index is 12.4. The summed E-state index contributed by atoms with van der Waals surface area (Å²) in [6.07, 6.45) is 5.55. The first kappa shape index (κ1) is 18.6. The smallest absolute Gasteiger partial charge is 0.337 e. The molecule has 0 bridgehead atoms. The van der Waals surface area contributed by atoms with Crippen LogP contribution in [0.5, 0.6) is 5.75 Å². The number of hydrogen-bond acceptors (Lipinski definition) is 6. The largest absolute Gasteiger partial charge is 0.488 e. The van der Waals surface area contributed by atoms with E-state index in [1.165, 1.54) is 13.2 Å². The fraction of sp³-hybridized carbons (Fsp3) is 0.182. The number of benzene rings is 2. The lowest BCUT2D eigenvalue weighted by molar-refractivity contribution is 0.0600. The summed E-state index contributed by atoms with van der Waals surface area (Å²) in [7, 11) is 1.31. The second-order valence-corrected chi connectivity index (χ2v) is 6.64. The van der Waals surface area contributed by atoms with Crippen molar-refractivity contribution in [3.8, 4) is 17.0 Å². The number of methoxy groups -OCH3 is 1. The van der Waals surface area contributed by atoms with Crippen LogP contribution in [0.2, 0.25) is 0 Å². The van der Waals surface area contributed by atoms with Gasteiger partial charge >= 0.3 is 5.97 Å². The number of nitrogens with one attached hydrogen (secondary N) is 1. The van der Waals surface area contributed by atoms with Gasteiger partial charge in [0.05, 0.1) is 31.1 Å². The van der Waals surface area contributed by atoms with Crippen molar-refractivity contribution < 1.29 is 19.1 Å². The van der Waals surface area contributed by atoms with Crippen LogP contribution in [0.4, 0.5) is 0 Å². The Labute approximate surface area is 167 Å². The van der Waals surface area contributed by atoms with Crippen molar-refractivity contribution in [3.63, 3.8) is 0 Å². The number of nitrogens with zero attached hydrogens (tertiary/aromatic N) is 2.